The number of carbonyl (C=O) groups is 2. The number of nitrogens with zero attached hydrogens (tertiary/aromatic N) is 7. The van der Waals surface area contributed by atoms with Gasteiger partial charge in [0.15, 0.2) is 5.82 Å². The number of rotatable bonds is 8. The van der Waals surface area contributed by atoms with Gasteiger partial charge in [-0.1, -0.05) is 29.8 Å². The first-order chi connectivity index (χ1) is 18.7. The van der Waals surface area contributed by atoms with Gasteiger partial charge in [-0.2, -0.15) is 9.90 Å². The SMILES string of the molecule is Cc1cccc(C(CO)NC(=O)C(C)N2Cc3ccc(-c4nc(Nc5cnn(C)n5)ncc4Cl)cc3C2=O)n1. The van der Waals surface area contributed by atoms with E-state index in [1.807, 2.05) is 31.2 Å². The number of aliphatic hydroxyl groups excluding tert-OH is 1. The lowest BCUT2D eigenvalue weighted by atomic mass is 10.0. The molecule has 12 nitrogen and oxygen atoms in total. The number of hydrogen-bond acceptors (Lipinski definition) is 9. The van der Waals surface area contributed by atoms with Crippen molar-refractivity contribution in [3.05, 3.63) is 76.3 Å². The van der Waals surface area contributed by atoms with Crippen LogP contribution in [0.2, 0.25) is 5.02 Å². The molecule has 1 aliphatic heterocycles. The number of aliphatic hydroxyl groups is 1. The Morgan fingerprint density at radius 2 is 2.03 bits per heavy atom. The van der Waals surface area contributed by atoms with E-state index in [1.165, 1.54) is 22.1 Å². The van der Waals surface area contributed by atoms with Crippen LogP contribution < -0.4 is 10.6 Å². The van der Waals surface area contributed by atoms with Gasteiger partial charge in [0.1, 0.15) is 6.04 Å². The highest BCUT2D eigenvalue weighted by Crippen LogP contribution is 2.32. The molecule has 13 heteroatoms. The minimum atomic E-state index is -0.780. The lowest BCUT2D eigenvalue weighted by Gasteiger charge is -2.25. The van der Waals surface area contributed by atoms with E-state index in [9.17, 15) is 14.7 Å². The second kappa shape index (κ2) is 10.8. The third-order valence-electron chi connectivity index (χ3n) is 6.41. The highest BCUT2D eigenvalue weighted by Gasteiger charge is 2.35. The smallest absolute Gasteiger partial charge is 0.255 e. The molecule has 39 heavy (non-hydrogen) atoms. The van der Waals surface area contributed by atoms with Gasteiger partial charge < -0.3 is 20.6 Å². The number of benzene rings is 1. The molecular weight excluding hydrogens is 522 g/mol. The number of amides is 2. The first-order valence-electron chi connectivity index (χ1n) is 12.2. The molecule has 0 spiro atoms. The molecule has 2 atom stereocenters. The maximum absolute atomic E-state index is 13.4. The van der Waals surface area contributed by atoms with Crippen molar-refractivity contribution in [3.63, 3.8) is 0 Å². The summed E-state index contributed by atoms with van der Waals surface area (Å²) in [5, 5.41) is 24.1. The van der Waals surface area contributed by atoms with E-state index in [4.69, 9.17) is 11.6 Å². The minimum Gasteiger partial charge on any atom is -0.394 e. The normalized spacial score (nSPS) is 14.2. The monoisotopic (exact) mass is 547 g/mol. The van der Waals surface area contributed by atoms with Crippen LogP contribution in [0.4, 0.5) is 11.8 Å². The first-order valence-corrected chi connectivity index (χ1v) is 12.6. The van der Waals surface area contributed by atoms with Crippen molar-refractivity contribution in [2.75, 3.05) is 11.9 Å². The first kappa shape index (κ1) is 26.2. The largest absolute Gasteiger partial charge is 0.394 e. The van der Waals surface area contributed by atoms with Crippen LogP contribution in [0.1, 0.15) is 40.3 Å². The molecule has 1 aromatic carbocycles. The zero-order valence-electron chi connectivity index (χ0n) is 21.5. The van der Waals surface area contributed by atoms with Crippen LogP contribution in [0.3, 0.4) is 0 Å². The molecule has 0 aliphatic carbocycles. The Kier molecular flexibility index (Phi) is 7.22. The molecule has 4 heterocycles. The highest BCUT2D eigenvalue weighted by atomic mass is 35.5. The number of halogens is 1. The van der Waals surface area contributed by atoms with Crippen molar-refractivity contribution in [2.45, 2.75) is 32.5 Å². The molecular formula is C26H26ClN9O3. The predicted octanol–water partition coefficient (Wildman–Crippen LogP) is 2.57. The lowest BCUT2D eigenvalue weighted by molar-refractivity contribution is -0.126. The van der Waals surface area contributed by atoms with Crippen molar-refractivity contribution in [3.8, 4) is 11.3 Å². The van der Waals surface area contributed by atoms with Crippen molar-refractivity contribution in [1.29, 1.82) is 0 Å². The molecule has 3 aromatic heterocycles. The van der Waals surface area contributed by atoms with Gasteiger partial charge in [-0.15, -0.1) is 5.10 Å². The molecule has 0 saturated heterocycles. The topological polar surface area (TPSA) is 151 Å². The molecule has 0 bridgehead atoms. The number of nitrogens with one attached hydrogen (secondary N) is 2. The summed E-state index contributed by atoms with van der Waals surface area (Å²) in [4.78, 5) is 42.4. The quantitative estimate of drug-likeness (QED) is 0.302. The summed E-state index contributed by atoms with van der Waals surface area (Å²) in [6.45, 7) is 3.44. The fourth-order valence-corrected chi connectivity index (χ4v) is 4.54. The molecule has 0 fully saturated rings. The molecule has 200 valence electrons. The number of carbonyl (C=O) groups excluding carboxylic acids is 2. The number of aryl methyl sites for hydroxylation is 2. The Balaban J connectivity index is 1.33. The summed E-state index contributed by atoms with van der Waals surface area (Å²) in [5.74, 6) is 0.0683. The third kappa shape index (κ3) is 5.42. The van der Waals surface area contributed by atoms with E-state index >= 15 is 0 Å². The van der Waals surface area contributed by atoms with Crippen LogP contribution in [-0.4, -0.2) is 64.4 Å². The Morgan fingerprint density at radius 1 is 1.21 bits per heavy atom. The molecule has 2 unspecified atom stereocenters. The molecule has 2 amide bonds. The van der Waals surface area contributed by atoms with Crippen LogP contribution in [-0.2, 0) is 18.4 Å². The number of hydrogen-bond donors (Lipinski definition) is 3. The van der Waals surface area contributed by atoms with Crippen molar-refractivity contribution in [2.24, 2.45) is 7.05 Å². The molecule has 4 aromatic rings. The Labute approximate surface area is 229 Å². The van der Waals surface area contributed by atoms with E-state index in [0.717, 1.165) is 11.3 Å². The van der Waals surface area contributed by atoms with E-state index < -0.39 is 18.0 Å². The average molecular weight is 548 g/mol. The van der Waals surface area contributed by atoms with Gasteiger partial charge in [0.05, 0.1) is 41.5 Å². The van der Waals surface area contributed by atoms with Gasteiger partial charge >= 0.3 is 0 Å². The van der Waals surface area contributed by atoms with E-state index in [-0.39, 0.29) is 25.0 Å². The predicted molar refractivity (Wildman–Crippen MR) is 143 cm³/mol. The van der Waals surface area contributed by atoms with E-state index in [1.54, 1.807) is 26.1 Å². The minimum absolute atomic E-state index is 0.270. The molecule has 5 rings (SSSR count). The zero-order valence-corrected chi connectivity index (χ0v) is 22.2. The molecule has 0 saturated carbocycles. The Hall–Kier alpha value is -4.42. The standard InChI is InChI=1S/C26H26ClN9O3/c1-14-5-4-6-20(30-14)21(13-37)31-24(38)15(2)36-12-17-8-7-16(9-18(17)25(36)39)23-19(27)10-28-26(33-23)32-22-11-29-35(3)34-22/h4-11,15,21,37H,12-13H2,1-3H3,(H,31,38)(H,28,32,33,34). The van der Waals surface area contributed by atoms with E-state index in [0.29, 0.717) is 33.4 Å². The maximum atomic E-state index is 13.4. The van der Waals surface area contributed by atoms with Gasteiger partial charge in [-0.3, -0.25) is 14.6 Å². The summed E-state index contributed by atoms with van der Waals surface area (Å²) in [6, 6.07) is 9.29. The third-order valence-corrected chi connectivity index (χ3v) is 6.69. The average Bonchev–Trinajstić information content (AvgIpc) is 3.49. The summed E-state index contributed by atoms with van der Waals surface area (Å²) < 4.78 is 0. The van der Waals surface area contributed by atoms with Crippen molar-refractivity contribution < 1.29 is 14.7 Å². The van der Waals surface area contributed by atoms with Gasteiger partial charge in [0.25, 0.3) is 5.91 Å². The summed E-state index contributed by atoms with van der Waals surface area (Å²) in [6.07, 6.45) is 3.01. The van der Waals surface area contributed by atoms with Gasteiger partial charge in [-0.25, -0.2) is 9.97 Å². The van der Waals surface area contributed by atoms with Crippen molar-refractivity contribution in [1.82, 2.24) is 40.2 Å². The van der Waals surface area contributed by atoms with Gasteiger partial charge in [0, 0.05) is 30.4 Å². The number of fused-ring (bicyclic) bond motifs is 1. The summed E-state index contributed by atoms with van der Waals surface area (Å²) >= 11 is 6.41. The maximum Gasteiger partial charge on any atom is 0.255 e. The summed E-state index contributed by atoms with van der Waals surface area (Å²) in [5.41, 5.74) is 3.63. The Bertz CT molecular complexity index is 1560. The fourth-order valence-electron chi connectivity index (χ4n) is 4.34. The van der Waals surface area contributed by atoms with Crippen LogP contribution in [0, 0.1) is 6.92 Å². The molecule has 3 N–H and O–H groups in total. The van der Waals surface area contributed by atoms with E-state index in [2.05, 4.69) is 35.8 Å². The van der Waals surface area contributed by atoms with Crippen LogP contribution in [0.25, 0.3) is 11.3 Å². The van der Waals surface area contributed by atoms with Crippen molar-refractivity contribution >= 4 is 35.2 Å². The second-order valence-electron chi connectivity index (χ2n) is 9.16. The van der Waals surface area contributed by atoms with Crippen LogP contribution in [0.15, 0.2) is 48.8 Å². The van der Waals surface area contributed by atoms with Crippen LogP contribution >= 0.6 is 11.6 Å². The lowest BCUT2D eigenvalue weighted by Crippen LogP contribution is -2.46. The summed E-state index contributed by atoms with van der Waals surface area (Å²) in [7, 11) is 1.70. The number of pyridine rings is 1. The molecule has 1 aliphatic rings. The number of anilines is 2. The van der Waals surface area contributed by atoms with Crippen LogP contribution in [0.5, 0.6) is 0 Å². The number of aromatic nitrogens is 6. The zero-order chi connectivity index (χ0) is 27.7. The Morgan fingerprint density at radius 3 is 2.74 bits per heavy atom. The fraction of sp³-hybridized carbons (Fsp3) is 0.269. The highest BCUT2D eigenvalue weighted by molar-refractivity contribution is 6.33. The van der Waals surface area contributed by atoms with Gasteiger partial charge in [0.2, 0.25) is 11.9 Å². The van der Waals surface area contributed by atoms with Gasteiger partial charge in [-0.05, 0) is 37.6 Å². The second-order valence-corrected chi connectivity index (χ2v) is 9.57. The molecule has 0 radical (unpaired) electrons.